The summed E-state index contributed by atoms with van der Waals surface area (Å²) >= 11 is 0. The molecule has 2 rings (SSSR count). The van der Waals surface area contributed by atoms with E-state index in [0.717, 1.165) is 0 Å². The highest BCUT2D eigenvalue weighted by Gasteiger charge is 2.21. The van der Waals surface area contributed by atoms with Gasteiger partial charge in [-0.1, -0.05) is 0 Å². The third-order valence-corrected chi connectivity index (χ3v) is 2.44. The highest BCUT2D eigenvalue weighted by molar-refractivity contribution is 5.97. The first-order valence-electron chi connectivity index (χ1n) is 5.14. The van der Waals surface area contributed by atoms with Crippen molar-refractivity contribution in [2.75, 3.05) is 13.9 Å². The fourth-order valence-electron chi connectivity index (χ4n) is 1.60. The van der Waals surface area contributed by atoms with E-state index in [9.17, 15) is 4.79 Å². The van der Waals surface area contributed by atoms with Crippen molar-refractivity contribution < 1.29 is 19.0 Å². The Balaban J connectivity index is 2.30. The smallest absolute Gasteiger partial charge is 0.231 e. The van der Waals surface area contributed by atoms with E-state index in [1.807, 2.05) is 6.07 Å². The molecule has 1 aromatic carbocycles. The van der Waals surface area contributed by atoms with Crippen LogP contribution in [0.3, 0.4) is 0 Å². The van der Waals surface area contributed by atoms with Gasteiger partial charge in [-0.15, -0.1) is 0 Å². The number of carbonyl (C=O) groups excluding carboxylic acids is 1. The maximum absolute atomic E-state index is 11.8. The molecule has 5 heteroatoms. The molecule has 0 spiro atoms. The van der Waals surface area contributed by atoms with Gasteiger partial charge in [-0.3, -0.25) is 4.79 Å². The largest absolute Gasteiger partial charge is 0.493 e. The van der Waals surface area contributed by atoms with Crippen LogP contribution in [0, 0.1) is 11.3 Å². The van der Waals surface area contributed by atoms with Gasteiger partial charge in [-0.25, -0.2) is 0 Å². The number of benzene rings is 1. The monoisotopic (exact) mass is 233 g/mol. The Kier molecular flexibility index (Phi) is 3.15. The number of carbonyl (C=O) groups is 1. The summed E-state index contributed by atoms with van der Waals surface area (Å²) in [5.74, 6) is 1.39. The molecule has 0 aromatic heterocycles. The molecule has 0 saturated carbocycles. The fourth-order valence-corrected chi connectivity index (χ4v) is 1.60. The predicted octanol–water partition coefficient (Wildman–Crippen LogP) is 1.91. The minimum atomic E-state index is -0.108. The molecule has 17 heavy (non-hydrogen) atoms. The first kappa shape index (κ1) is 11.3. The zero-order valence-electron chi connectivity index (χ0n) is 9.36. The first-order chi connectivity index (χ1) is 8.26. The van der Waals surface area contributed by atoms with Gasteiger partial charge < -0.3 is 14.2 Å². The lowest BCUT2D eigenvalue weighted by Gasteiger charge is -2.06. The molecule has 0 N–H and O–H groups in total. The normalized spacial score (nSPS) is 12.0. The van der Waals surface area contributed by atoms with E-state index in [0.29, 0.717) is 22.8 Å². The fraction of sp³-hybridized carbons (Fsp3) is 0.333. The summed E-state index contributed by atoms with van der Waals surface area (Å²) in [4.78, 5) is 11.8. The minimum Gasteiger partial charge on any atom is -0.493 e. The van der Waals surface area contributed by atoms with E-state index in [2.05, 4.69) is 0 Å². The highest BCUT2D eigenvalue weighted by Crippen LogP contribution is 2.41. The van der Waals surface area contributed by atoms with Crippen LogP contribution < -0.4 is 14.2 Å². The molecule has 1 aliphatic rings. The van der Waals surface area contributed by atoms with E-state index in [4.69, 9.17) is 19.5 Å². The predicted molar refractivity (Wildman–Crippen MR) is 58.3 cm³/mol. The molecule has 0 fully saturated rings. The van der Waals surface area contributed by atoms with Gasteiger partial charge in [0.05, 0.1) is 13.2 Å². The van der Waals surface area contributed by atoms with Crippen molar-refractivity contribution in [1.29, 1.82) is 5.26 Å². The summed E-state index contributed by atoms with van der Waals surface area (Å²) in [6.07, 6.45) is 0.398. The maximum atomic E-state index is 11.8. The Morgan fingerprint density at radius 1 is 1.53 bits per heavy atom. The lowest BCUT2D eigenvalue weighted by atomic mass is 10.1. The summed E-state index contributed by atoms with van der Waals surface area (Å²) in [7, 11) is 1.50. The molecule has 0 unspecified atom stereocenters. The lowest BCUT2D eigenvalue weighted by molar-refractivity contribution is 0.0983. The van der Waals surface area contributed by atoms with Crippen LogP contribution in [0.15, 0.2) is 12.1 Å². The van der Waals surface area contributed by atoms with Gasteiger partial charge in [0.15, 0.2) is 17.3 Å². The number of ether oxygens (including phenoxy) is 3. The second kappa shape index (κ2) is 4.74. The molecule has 0 atom stereocenters. The molecule has 1 heterocycles. The van der Waals surface area contributed by atoms with Crippen LogP contribution >= 0.6 is 0 Å². The van der Waals surface area contributed by atoms with Crippen molar-refractivity contribution in [1.82, 2.24) is 0 Å². The van der Waals surface area contributed by atoms with Crippen LogP contribution in [0.25, 0.3) is 0 Å². The summed E-state index contributed by atoms with van der Waals surface area (Å²) in [5, 5.41) is 8.45. The second-order valence-corrected chi connectivity index (χ2v) is 3.49. The second-order valence-electron chi connectivity index (χ2n) is 3.49. The average Bonchev–Trinajstić information content (AvgIpc) is 2.82. The summed E-state index contributed by atoms with van der Waals surface area (Å²) in [6, 6.07) is 5.16. The molecule has 0 bridgehead atoms. The quantitative estimate of drug-likeness (QED) is 0.743. The number of rotatable bonds is 4. The summed E-state index contributed by atoms with van der Waals surface area (Å²) < 4.78 is 15.6. The van der Waals surface area contributed by atoms with Crippen LogP contribution in [0.2, 0.25) is 0 Å². The topological polar surface area (TPSA) is 68.6 Å². The minimum absolute atomic E-state index is 0.108. The number of nitriles is 1. The van der Waals surface area contributed by atoms with Gasteiger partial charge in [0.1, 0.15) is 0 Å². The molecular formula is C12H11NO4. The average molecular weight is 233 g/mol. The van der Waals surface area contributed by atoms with E-state index in [1.165, 1.54) is 7.11 Å². The molecular weight excluding hydrogens is 222 g/mol. The van der Waals surface area contributed by atoms with Crippen molar-refractivity contribution >= 4 is 5.78 Å². The molecule has 1 aliphatic heterocycles. The van der Waals surface area contributed by atoms with E-state index in [-0.39, 0.29) is 25.4 Å². The van der Waals surface area contributed by atoms with Gasteiger partial charge in [0, 0.05) is 18.4 Å². The van der Waals surface area contributed by atoms with Crippen molar-refractivity contribution in [3.8, 4) is 23.3 Å². The molecule has 0 aliphatic carbocycles. The Bertz CT molecular complexity index is 490. The Morgan fingerprint density at radius 3 is 3.06 bits per heavy atom. The SMILES string of the molecule is COc1cc(C(=O)CCC#N)cc2c1OCO2. The van der Waals surface area contributed by atoms with E-state index >= 15 is 0 Å². The van der Waals surface area contributed by atoms with Crippen molar-refractivity contribution in [2.24, 2.45) is 0 Å². The zero-order valence-corrected chi connectivity index (χ0v) is 9.36. The third kappa shape index (κ3) is 2.16. The van der Waals surface area contributed by atoms with Crippen LogP contribution in [-0.4, -0.2) is 19.7 Å². The maximum Gasteiger partial charge on any atom is 0.231 e. The first-order valence-corrected chi connectivity index (χ1v) is 5.14. The highest BCUT2D eigenvalue weighted by atomic mass is 16.7. The van der Waals surface area contributed by atoms with Crippen molar-refractivity contribution in [2.45, 2.75) is 12.8 Å². The van der Waals surface area contributed by atoms with Gasteiger partial charge in [0.25, 0.3) is 0 Å². The Morgan fingerprint density at radius 2 is 2.35 bits per heavy atom. The van der Waals surface area contributed by atoms with Crippen molar-refractivity contribution in [3.63, 3.8) is 0 Å². The third-order valence-electron chi connectivity index (χ3n) is 2.44. The molecule has 0 saturated heterocycles. The number of ketones is 1. The van der Waals surface area contributed by atoms with Gasteiger partial charge in [-0.05, 0) is 12.1 Å². The van der Waals surface area contributed by atoms with Crippen LogP contribution in [-0.2, 0) is 0 Å². The van der Waals surface area contributed by atoms with Gasteiger partial charge in [0.2, 0.25) is 12.5 Å². The van der Waals surface area contributed by atoms with Crippen LogP contribution in [0.4, 0.5) is 0 Å². The van der Waals surface area contributed by atoms with Gasteiger partial charge >= 0.3 is 0 Å². The van der Waals surface area contributed by atoms with Crippen molar-refractivity contribution in [3.05, 3.63) is 17.7 Å². The number of nitrogens with zero attached hydrogens (tertiary/aromatic N) is 1. The van der Waals surface area contributed by atoms with E-state index < -0.39 is 0 Å². The molecule has 1 aromatic rings. The van der Waals surface area contributed by atoms with Crippen LogP contribution in [0.1, 0.15) is 23.2 Å². The summed E-state index contributed by atoms with van der Waals surface area (Å²) in [6.45, 7) is 0.127. The molecule has 5 nitrogen and oxygen atoms in total. The molecule has 0 radical (unpaired) electrons. The molecule has 0 amide bonds. The number of hydrogen-bond acceptors (Lipinski definition) is 5. The van der Waals surface area contributed by atoms with Crippen LogP contribution in [0.5, 0.6) is 17.2 Å². The number of hydrogen-bond donors (Lipinski definition) is 0. The number of methoxy groups -OCH3 is 1. The lowest BCUT2D eigenvalue weighted by Crippen LogP contribution is -1.99. The Hall–Kier alpha value is -2.22. The zero-order chi connectivity index (χ0) is 12.3. The molecule has 88 valence electrons. The van der Waals surface area contributed by atoms with E-state index in [1.54, 1.807) is 12.1 Å². The van der Waals surface area contributed by atoms with Gasteiger partial charge in [-0.2, -0.15) is 5.26 Å². The Labute approximate surface area is 98.5 Å². The number of fused-ring (bicyclic) bond motifs is 1. The standard InChI is InChI=1S/C12H11NO4/c1-15-10-5-8(9(14)3-2-4-13)6-11-12(10)17-7-16-11/h5-6H,2-3,7H2,1H3. The number of Topliss-reactive ketones (excluding diaryl/α,β-unsaturated/α-hetero) is 1. The summed E-state index contributed by atoms with van der Waals surface area (Å²) in [5.41, 5.74) is 0.473.